The lowest BCUT2D eigenvalue weighted by atomic mass is 10.2. The molecule has 1 rings (SSSR count). The standard InChI is InChI=1S/C10H19N3O3/c1-7(10(15)11-2)13-9(14)5-8-6-16-4-3-12-8/h7-8,12H,3-6H2,1-2H3,(H,11,15)(H,13,14). The van der Waals surface area contributed by atoms with Gasteiger partial charge in [-0.05, 0) is 6.92 Å². The van der Waals surface area contributed by atoms with Gasteiger partial charge in [0.1, 0.15) is 6.04 Å². The maximum absolute atomic E-state index is 11.6. The normalized spacial score (nSPS) is 22.2. The highest BCUT2D eigenvalue weighted by molar-refractivity contribution is 5.87. The molecule has 2 atom stereocenters. The van der Waals surface area contributed by atoms with Crippen LogP contribution < -0.4 is 16.0 Å². The van der Waals surface area contributed by atoms with Crippen LogP contribution in [0.2, 0.25) is 0 Å². The summed E-state index contributed by atoms with van der Waals surface area (Å²) in [4.78, 5) is 22.7. The Morgan fingerprint density at radius 3 is 2.88 bits per heavy atom. The summed E-state index contributed by atoms with van der Waals surface area (Å²) in [6.07, 6.45) is 0.335. The van der Waals surface area contributed by atoms with E-state index in [1.54, 1.807) is 14.0 Å². The van der Waals surface area contributed by atoms with Crippen molar-refractivity contribution >= 4 is 11.8 Å². The van der Waals surface area contributed by atoms with Crippen LogP contribution in [0.15, 0.2) is 0 Å². The van der Waals surface area contributed by atoms with Gasteiger partial charge in [-0.25, -0.2) is 0 Å². The Bertz CT molecular complexity index is 252. The van der Waals surface area contributed by atoms with Gasteiger partial charge in [-0.3, -0.25) is 9.59 Å². The van der Waals surface area contributed by atoms with Crippen molar-refractivity contribution < 1.29 is 14.3 Å². The van der Waals surface area contributed by atoms with Gasteiger partial charge in [0.25, 0.3) is 0 Å². The van der Waals surface area contributed by atoms with Crippen LogP contribution in [-0.2, 0) is 14.3 Å². The van der Waals surface area contributed by atoms with Gasteiger partial charge in [0.05, 0.1) is 13.2 Å². The van der Waals surface area contributed by atoms with Crippen LogP contribution >= 0.6 is 0 Å². The Kier molecular flexibility index (Phi) is 5.21. The first-order valence-electron chi connectivity index (χ1n) is 5.45. The molecule has 0 spiro atoms. The number of morpholine rings is 1. The fraction of sp³-hybridized carbons (Fsp3) is 0.800. The molecule has 2 unspecified atom stereocenters. The van der Waals surface area contributed by atoms with E-state index in [4.69, 9.17) is 4.74 Å². The molecule has 0 saturated carbocycles. The van der Waals surface area contributed by atoms with E-state index in [1.165, 1.54) is 0 Å². The molecule has 0 radical (unpaired) electrons. The highest BCUT2D eigenvalue weighted by atomic mass is 16.5. The first-order chi connectivity index (χ1) is 7.63. The molecule has 0 aromatic rings. The van der Waals surface area contributed by atoms with Gasteiger partial charge in [0.2, 0.25) is 11.8 Å². The van der Waals surface area contributed by atoms with Crippen molar-refractivity contribution in [3.63, 3.8) is 0 Å². The second-order valence-electron chi connectivity index (χ2n) is 3.83. The third-order valence-electron chi connectivity index (χ3n) is 2.45. The van der Waals surface area contributed by atoms with Crippen LogP contribution in [0.3, 0.4) is 0 Å². The predicted octanol–water partition coefficient (Wildman–Crippen LogP) is -1.38. The molecule has 1 aliphatic heterocycles. The molecule has 3 N–H and O–H groups in total. The fourth-order valence-electron chi connectivity index (χ4n) is 1.56. The van der Waals surface area contributed by atoms with Crippen LogP contribution in [-0.4, -0.2) is 50.7 Å². The number of rotatable bonds is 4. The lowest BCUT2D eigenvalue weighted by Crippen LogP contribution is -2.48. The zero-order chi connectivity index (χ0) is 12.0. The minimum Gasteiger partial charge on any atom is -0.378 e. The number of carbonyl (C=O) groups excluding carboxylic acids is 2. The first-order valence-corrected chi connectivity index (χ1v) is 5.45. The summed E-state index contributed by atoms with van der Waals surface area (Å²) in [6, 6.07) is -0.451. The fourth-order valence-corrected chi connectivity index (χ4v) is 1.56. The van der Waals surface area contributed by atoms with Gasteiger partial charge in [0, 0.05) is 26.1 Å². The predicted molar refractivity (Wildman–Crippen MR) is 58.9 cm³/mol. The van der Waals surface area contributed by atoms with Crippen LogP contribution in [0.4, 0.5) is 0 Å². The summed E-state index contributed by atoms with van der Waals surface area (Å²) >= 11 is 0. The van der Waals surface area contributed by atoms with Gasteiger partial charge >= 0.3 is 0 Å². The molecular formula is C10H19N3O3. The van der Waals surface area contributed by atoms with Crippen molar-refractivity contribution in [2.24, 2.45) is 0 Å². The Morgan fingerprint density at radius 1 is 1.56 bits per heavy atom. The minimum absolute atomic E-state index is 0.0469. The van der Waals surface area contributed by atoms with E-state index in [0.29, 0.717) is 19.6 Å². The zero-order valence-corrected chi connectivity index (χ0v) is 9.71. The smallest absolute Gasteiger partial charge is 0.242 e. The summed E-state index contributed by atoms with van der Waals surface area (Å²) in [5, 5.41) is 8.29. The molecule has 1 aliphatic rings. The van der Waals surface area contributed by atoms with Gasteiger partial charge in [-0.2, -0.15) is 0 Å². The molecule has 0 aromatic heterocycles. The number of carbonyl (C=O) groups is 2. The molecule has 16 heavy (non-hydrogen) atoms. The molecule has 1 heterocycles. The van der Waals surface area contributed by atoms with Gasteiger partial charge in [-0.1, -0.05) is 0 Å². The molecule has 6 heteroatoms. The van der Waals surface area contributed by atoms with Gasteiger partial charge in [0.15, 0.2) is 0 Å². The third-order valence-corrected chi connectivity index (χ3v) is 2.45. The van der Waals surface area contributed by atoms with E-state index in [0.717, 1.165) is 6.54 Å². The lowest BCUT2D eigenvalue weighted by Gasteiger charge is -2.23. The van der Waals surface area contributed by atoms with Crippen LogP contribution in [0.5, 0.6) is 0 Å². The van der Waals surface area contributed by atoms with Crippen LogP contribution in [0, 0.1) is 0 Å². The first kappa shape index (κ1) is 12.9. The summed E-state index contributed by atoms with van der Waals surface area (Å²) in [7, 11) is 1.54. The van der Waals surface area contributed by atoms with E-state index in [2.05, 4.69) is 16.0 Å². The molecule has 2 amide bonds. The van der Waals surface area contributed by atoms with Crippen molar-refractivity contribution in [1.82, 2.24) is 16.0 Å². The molecule has 0 aliphatic carbocycles. The average molecular weight is 229 g/mol. The molecule has 92 valence electrons. The van der Waals surface area contributed by atoms with E-state index >= 15 is 0 Å². The Morgan fingerprint density at radius 2 is 2.31 bits per heavy atom. The van der Waals surface area contributed by atoms with E-state index in [1.807, 2.05) is 0 Å². The highest BCUT2D eigenvalue weighted by Gasteiger charge is 2.19. The quantitative estimate of drug-likeness (QED) is 0.555. The van der Waals surface area contributed by atoms with E-state index in [-0.39, 0.29) is 17.9 Å². The monoisotopic (exact) mass is 229 g/mol. The molecule has 0 aromatic carbocycles. The lowest BCUT2D eigenvalue weighted by molar-refractivity contribution is -0.128. The molecule has 6 nitrogen and oxygen atoms in total. The maximum atomic E-state index is 11.6. The summed E-state index contributed by atoms with van der Waals surface area (Å²) in [5.41, 5.74) is 0. The van der Waals surface area contributed by atoms with Crippen molar-refractivity contribution in [2.45, 2.75) is 25.4 Å². The number of likely N-dealkylation sites (N-methyl/N-ethyl adjacent to an activating group) is 1. The topological polar surface area (TPSA) is 79.5 Å². The van der Waals surface area contributed by atoms with E-state index < -0.39 is 6.04 Å². The number of nitrogens with one attached hydrogen (secondary N) is 3. The minimum atomic E-state index is -0.498. The second kappa shape index (κ2) is 6.44. The number of amides is 2. The Balaban J connectivity index is 2.26. The zero-order valence-electron chi connectivity index (χ0n) is 9.71. The van der Waals surface area contributed by atoms with Crippen molar-refractivity contribution in [3.05, 3.63) is 0 Å². The highest BCUT2D eigenvalue weighted by Crippen LogP contribution is 1.98. The number of ether oxygens (including phenoxy) is 1. The van der Waals surface area contributed by atoms with Crippen LogP contribution in [0.1, 0.15) is 13.3 Å². The summed E-state index contributed by atoms with van der Waals surface area (Å²) < 4.78 is 5.23. The summed E-state index contributed by atoms with van der Waals surface area (Å²) in [5.74, 6) is -0.333. The largest absolute Gasteiger partial charge is 0.378 e. The van der Waals surface area contributed by atoms with E-state index in [9.17, 15) is 9.59 Å². The molecule has 1 saturated heterocycles. The van der Waals surface area contributed by atoms with Gasteiger partial charge < -0.3 is 20.7 Å². The van der Waals surface area contributed by atoms with Crippen molar-refractivity contribution in [3.8, 4) is 0 Å². The second-order valence-corrected chi connectivity index (χ2v) is 3.83. The number of hydrogen-bond donors (Lipinski definition) is 3. The Hall–Kier alpha value is -1.14. The molecular weight excluding hydrogens is 210 g/mol. The van der Waals surface area contributed by atoms with Crippen molar-refractivity contribution in [2.75, 3.05) is 26.8 Å². The Labute approximate surface area is 95.1 Å². The molecule has 0 bridgehead atoms. The van der Waals surface area contributed by atoms with Gasteiger partial charge in [-0.15, -0.1) is 0 Å². The molecule has 1 fully saturated rings. The average Bonchev–Trinajstić information content (AvgIpc) is 2.29. The summed E-state index contributed by atoms with van der Waals surface area (Å²) in [6.45, 7) is 3.65. The van der Waals surface area contributed by atoms with Crippen molar-refractivity contribution in [1.29, 1.82) is 0 Å². The van der Waals surface area contributed by atoms with Crippen LogP contribution in [0.25, 0.3) is 0 Å². The maximum Gasteiger partial charge on any atom is 0.242 e. The number of hydrogen-bond acceptors (Lipinski definition) is 4. The third kappa shape index (κ3) is 4.16. The SMILES string of the molecule is CNC(=O)C(C)NC(=O)CC1COCCN1.